The number of hydrogen-bond donors (Lipinski definition) is 0. The molecule has 0 bridgehead atoms. The highest BCUT2D eigenvalue weighted by molar-refractivity contribution is 7.15. The second kappa shape index (κ2) is 8.31. The smallest absolute Gasteiger partial charge is 0.296 e. The van der Waals surface area contributed by atoms with Crippen LogP contribution in [0.2, 0.25) is 0 Å². The molecule has 7 nitrogen and oxygen atoms in total. The lowest BCUT2D eigenvalue weighted by Crippen LogP contribution is -2.41. The van der Waals surface area contributed by atoms with E-state index >= 15 is 0 Å². The average molecular weight is 454 g/mol. The molecule has 4 atom stereocenters. The quantitative estimate of drug-likeness (QED) is 0.668. The summed E-state index contributed by atoms with van der Waals surface area (Å²) >= 11 is 1.34. The van der Waals surface area contributed by atoms with Crippen LogP contribution in [0.5, 0.6) is 5.75 Å². The van der Waals surface area contributed by atoms with Gasteiger partial charge in [-0.1, -0.05) is 37.3 Å². The summed E-state index contributed by atoms with van der Waals surface area (Å²) in [4.78, 5) is 28.8. The molecular weight excluding hydrogens is 426 g/mol. The van der Waals surface area contributed by atoms with E-state index in [2.05, 4.69) is 24.0 Å². The van der Waals surface area contributed by atoms with Gasteiger partial charge in [-0.25, -0.2) is 0 Å². The topological polar surface area (TPSA) is 81.6 Å². The number of aryl methyl sites for hydroxylation is 1. The number of benzene rings is 1. The first kappa shape index (κ1) is 21.1. The summed E-state index contributed by atoms with van der Waals surface area (Å²) in [5.74, 6) is 0.957. The standard InChI is InChI=1S/C24H27N3O4S/c1-4-11-30-16-8-6-15(7-9-16)20-19-21(28)17-12-13(2)5-10-18(17)31-22(19)23(29)27(20)24-26-25-14(3)32-24/h6-9,13,17-18,20H,4-5,10-12H2,1-3H3. The minimum atomic E-state index is -0.573. The van der Waals surface area contributed by atoms with E-state index in [1.807, 2.05) is 31.2 Å². The first-order chi connectivity index (χ1) is 15.5. The highest BCUT2D eigenvalue weighted by atomic mass is 32.1. The van der Waals surface area contributed by atoms with Gasteiger partial charge >= 0.3 is 0 Å². The number of hydrogen-bond acceptors (Lipinski definition) is 7. The van der Waals surface area contributed by atoms with Gasteiger partial charge in [-0.3, -0.25) is 14.5 Å². The van der Waals surface area contributed by atoms with Crippen molar-refractivity contribution in [1.29, 1.82) is 0 Å². The SMILES string of the molecule is CCCOc1ccc(C2C3=C(OC4CCC(C)CC4C3=O)C(=O)N2c2nnc(C)s2)cc1. The van der Waals surface area contributed by atoms with E-state index in [-0.39, 0.29) is 29.5 Å². The van der Waals surface area contributed by atoms with Crippen LogP contribution in [0.1, 0.15) is 56.1 Å². The second-order valence-corrected chi connectivity index (χ2v) is 10.0. The number of carbonyl (C=O) groups is 2. The van der Waals surface area contributed by atoms with Crippen LogP contribution in [-0.2, 0) is 14.3 Å². The molecule has 3 heterocycles. The van der Waals surface area contributed by atoms with Crippen molar-refractivity contribution < 1.29 is 19.1 Å². The number of carbonyl (C=O) groups excluding carboxylic acids is 2. The van der Waals surface area contributed by atoms with Gasteiger partial charge in [0.2, 0.25) is 5.13 Å². The van der Waals surface area contributed by atoms with Crippen molar-refractivity contribution >= 4 is 28.2 Å². The van der Waals surface area contributed by atoms with E-state index in [1.165, 1.54) is 11.3 Å². The Balaban J connectivity index is 1.57. The molecule has 1 aromatic carbocycles. The summed E-state index contributed by atoms with van der Waals surface area (Å²) in [5, 5.41) is 9.56. The number of Topliss-reactive ketones (excluding diaryl/α,β-unsaturated/α-hetero) is 1. The van der Waals surface area contributed by atoms with Crippen LogP contribution in [0.15, 0.2) is 35.6 Å². The fraction of sp³-hybridized carbons (Fsp3) is 0.500. The highest BCUT2D eigenvalue weighted by Gasteiger charge is 2.53. The monoisotopic (exact) mass is 453 g/mol. The maximum absolute atomic E-state index is 13.7. The Morgan fingerprint density at radius 2 is 1.97 bits per heavy atom. The molecule has 5 rings (SSSR count). The van der Waals surface area contributed by atoms with Gasteiger partial charge in [-0.05, 0) is 56.2 Å². The predicted octanol–water partition coefficient (Wildman–Crippen LogP) is 4.38. The Morgan fingerprint density at radius 1 is 1.19 bits per heavy atom. The van der Waals surface area contributed by atoms with Gasteiger partial charge in [0.1, 0.15) is 16.9 Å². The molecule has 0 spiro atoms. The molecule has 1 aromatic heterocycles. The Hall–Kier alpha value is -2.74. The molecule has 4 unspecified atom stereocenters. The van der Waals surface area contributed by atoms with E-state index < -0.39 is 6.04 Å². The minimum absolute atomic E-state index is 0.0381. The highest BCUT2D eigenvalue weighted by Crippen LogP contribution is 2.49. The number of anilines is 1. The van der Waals surface area contributed by atoms with Gasteiger partial charge in [0, 0.05) is 0 Å². The molecule has 1 amide bonds. The van der Waals surface area contributed by atoms with E-state index in [9.17, 15) is 9.59 Å². The van der Waals surface area contributed by atoms with Crippen molar-refractivity contribution in [1.82, 2.24) is 10.2 Å². The number of rotatable bonds is 5. The van der Waals surface area contributed by atoms with Crippen molar-refractivity contribution in [2.24, 2.45) is 11.8 Å². The minimum Gasteiger partial charge on any atom is -0.494 e. The zero-order chi connectivity index (χ0) is 22.4. The van der Waals surface area contributed by atoms with Crippen molar-refractivity contribution in [3.8, 4) is 5.75 Å². The van der Waals surface area contributed by atoms with Crippen LogP contribution < -0.4 is 9.64 Å². The van der Waals surface area contributed by atoms with Crippen molar-refractivity contribution in [2.45, 2.75) is 58.6 Å². The van der Waals surface area contributed by atoms with E-state index in [0.717, 1.165) is 42.0 Å². The predicted molar refractivity (Wildman–Crippen MR) is 121 cm³/mol. The molecule has 2 aliphatic heterocycles. The Labute approximate surface area is 191 Å². The average Bonchev–Trinajstić information content (AvgIpc) is 3.34. The van der Waals surface area contributed by atoms with Crippen LogP contribution in [0.25, 0.3) is 0 Å². The maximum Gasteiger partial charge on any atom is 0.296 e. The Bertz CT molecular complexity index is 1080. The number of aromatic nitrogens is 2. The van der Waals surface area contributed by atoms with Crippen LogP contribution in [-0.4, -0.2) is 34.6 Å². The number of ketones is 1. The van der Waals surface area contributed by atoms with Gasteiger partial charge < -0.3 is 9.47 Å². The molecule has 0 saturated heterocycles. The third-order valence-electron chi connectivity index (χ3n) is 6.50. The Morgan fingerprint density at radius 3 is 2.66 bits per heavy atom. The largest absolute Gasteiger partial charge is 0.494 e. The third kappa shape index (κ3) is 3.50. The molecule has 1 aliphatic carbocycles. The molecule has 3 aliphatic rings. The second-order valence-electron chi connectivity index (χ2n) is 8.89. The number of amides is 1. The first-order valence-electron chi connectivity index (χ1n) is 11.3. The molecule has 0 N–H and O–H groups in total. The van der Waals surface area contributed by atoms with Crippen LogP contribution >= 0.6 is 11.3 Å². The van der Waals surface area contributed by atoms with Crippen molar-refractivity contribution in [3.63, 3.8) is 0 Å². The fourth-order valence-corrected chi connectivity index (χ4v) is 5.65. The van der Waals surface area contributed by atoms with E-state index in [4.69, 9.17) is 9.47 Å². The lowest BCUT2D eigenvalue weighted by atomic mass is 9.74. The molecule has 2 aromatic rings. The summed E-state index contributed by atoms with van der Waals surface area (Å²) in [6.07, 6.45) is 3.30. The number of fused-ring (bicyclic) bond motifs is 1. The van der Waals surface area contributed by atoms with Gasteiger partial charge in [0.15, 0.2) is 11.5 Å². The first-order valence-corrected chi connectivity index (χ1v) is 12.1. The summed E-state index contributed by atoms with van der Waals surface area (Å²) < 4.78 is 11.9. The van der Waals surface area contributed by atoms with Gasteiger partial charge in [-0.2, -0.15) is 0 Å². The van der Waals surface area contributed by atoms with Crippen molar-refractivity contribution in [2.75, 3.05) is 11.5 Å². The molecule has 8 heteroatoms. The summed E-state index contributed by atoms with van der Waals surface area (Å²) in [6, 6.07) is 7.04. The third-order valence-corrected chi connectivity index (χ3v) is 7.34. The van der Waals surface area contributed by atoms with Gasteiger partial charge in [-0.15, -0.1) is 10.2 Å². The van der Waals surface area contributed by atoms with Crippen molar-refractivity contribution in [3.05, 3.63) is 46.2 Å². The van der Waals surface area contributed by atoms with Crippen LogP contribution in [0.4, 0.5) is 5.13 Å². The van der Waals surface area contributed by atoms with Crippen LogP contribution in [0, 0.1) is 18.8 Å². The summed E-state index contributed by atoms with van der Waals surface area (Å²) in [5.41, 5.74) is 1.29. The van der Waals surface area contributed by atoms with Crippen LogP contribution in [0.3, 0.4) is 0 Å². The molecule has 32 heavy (non-hydrogen) atoms. The molecule has 168 valence electrons. The summed E-state index contributed by atoms with van der Waals surface area (Å²) in [6.45, 7) is 6.72. The zero-order valence-electron chi connectivity index (χ0n) is 18.5. The lowest BCUT2D eigenvalue weighted by molar-refractivity contribution is -0.132. The van der Waals surface area contributed by atoms with E-state index in [1.54, 1.807) is 4.90 Å². The molecular formula is C24H27N3O4S. The van der Waals surface area contributed by atoms with E-state index in [0.29, 0.717) is 23.2 Å². The zero-order valence-corrected chi connectivity index (χ0v) is 19.4. The lowest BCUT2D eigenvalue weighted by Gasteiger charge is -2.37. The number of ether oxygens (including phenoxy) is 2. The van der Waals surface area contributed by atoms with Gasteiger partial charge in [0.25, 0.3) is 5.91 Å². The summed E-state index contributed by atoms with van der Waals surface area (Å²) in [7, 11) is 0. The maximum atomic E-state index is 13.7. The molecule has 1 saturated carbocycles. The fourth-order valence-electron chi connectivity index (χ4n) is 4.94. The molecule has 1 fully saturated rings. The Kier molecular flexibility index (Phi) is 5.49. The molecule has 0 radical (unpaired) electrons. The normalized spacial score (nSPS) is 27.3. The van der Waals surface area contributed by atoms with Gasteiger partial charge in [0.05, 0.1) is 24.1 Å². The number of nitrogens with zero attached hydrogens (tertiary/aromatic N) is 3.